The molecule has 1 aromatic heterocycles. The lowest BCUT2D eigenvalue weighted by Crippen LogP contribution is -2.31. The number of hydrogen-bond donors (Lipinski definition) is 2. The molecule has 4 atom stereocenters. The summed E-state index contributed by atoms with van der Waals surface area (Å²) in [4.78, 5) is 23.3. The van der Waals surface area contributed by atoms with Gasteiger partial charge in [0.25, 0.3) is 5.91 Å². The van der Waals surface area contributed by atoms with Gasteiger partial charge in [0, 0.05) is 30.3 Å². The van der Waals surface area contributed by atoms with E-state index in [1.165, 1.54) is 13.8 Å². The molecule has 3 aromatic rings. The summed E-state index contributed by atoms with van der Waals surface area (Å²) in [6.07, 6.45) is -1.13. The minimum Gasteiger partial charge on any atom is -0.453 e. The number of thioether (sulfide) groups is 1. The Balaban J connectivity index is 1.47. The number of rotatable bonds is 9. The first-order chi connectivity index (χ1) is 17.8. The van der Waals surface area contributed by atoms with Crippen LogP contribution >= 0.6 is 23.1 Å². The molecule has 1 aliphatic rings. The molecule has 2 N–H and O–H groups in total. The Kier molecular flexibility index (Phi) is 9.28. The number of carbonyl (C=O) groups excluding carboxylic acids is 2. The van der Waals surface area contributed by atoms with Crippen molar-refractivity contribution in [3.63, 3.8) is 0 Å². The van der Waals surface area contributed by atoms with Crippen LogP contribution in [0.5, 0.6) is 0 Å². The molecule has 2 aromatic carbocycles. The lowest BCUT2D eigenvalue weighted by molar-refractivity contribution is -0.245. The van der Waals surface area contributed by atoms with Crippen LogP contribution in [0.3, 0.4) is 0 Å². The third kappa shape index (κ3) is 7.59. The van der Waals surface area contributed by atoms with Gasteiger partial charge in [0.05, 0.1) is 18.8 Å². The van der Waals surface area contributed by atoms with Crippen LogP contribution in [0.25, 0.3) is 0 Å². The van der Waals surface area contributed by atoms with Gasteiger partial charge >= 0.3 is 5.97 Å². The molecule has 1 saturated heterocycles. The Bertz CT molecular complexity index is 1200. The summed E-state index contributed by atoms with van der Waals surface area (Å²) in [6, 6.07) is 14.9. The number of aliphatic hydroxyl groups excluding tert-OH is 1. The number of nitrogens with one attached hydrogen (secondary N) is 1. The van der Waals surface area contributed by atoms with E-state index in [1.54, 1.807) is 35.2 Å². The van der Waals surface area contributed by atoms with Gasteiger partial charge in [0.2, 0.25) is 0 Å². The number of aryl methyl sites for hydroxylation is 1. The fourth-order valence-electron chi connectivity index (χ4n) is 3.79. The topological polar surface area (TPSA) is 120 Å². The molecular formula is C26H29N3O6S2. The molecule has 4 rings (SSSR count). The Hall–Kier alpha value is -2.83. The summed E-state index contributed by atoms with van der Waals surface area (Å²) >= 11 is 3.17. The molecule has 2 heterocycles. The van der Waals surface area contributed by atoms with Crippen LogP contribution in [0.4, 0.5) is 5.69 Å². The number of aromatic nitrogens is 2. The maximum absolute atomic E-state index is 12.2. The zero-order valence-electron chi connectivity index (χ0n) is 20.7. The molecule has 0 spiro atoms. The molecule has 1 amide bonds. The maximum Gasteiger partial charge on any atom is 0.303 e. The largest absolute Gasteiger partial charge is 0.453 e. The molecule has 0 radical (unpaired) electrons. The molecule has 196 valence electrons. The van der Waals surface area contributed by atoms with Crippen molar-refractivity contribution < 1.29 is 28.9 Å². The third-order valence-electron chi connectivity index (χ3n) is 5.68. The molecule has 37 heavy (non-hydrogen) atoms. The lowest BCUT2D eigenvalue weighted by Gasteiger charge is -2.36. The average molecular weight is 544 g/mol. The van der Waals surface area contributed by atoms with Gasteiger partial charge < -0.3 is 24.6 Å². The molecule has 0 saturated carbocycles. The van der Waals surface area contributed by atoms with E-state index in [2.05, 4.69) is 15.5 Å². The molecule has 0 bridgehead atoms. The van der Waals surface area contributed by atoms with Gasteiger partial charge in [-0.1, -0.05) is 59.5 Å². The lowest BCUT2D eigenvalue weighted by atomic mass is 10.0. The standard InChI is InChI=1S/C26H29N3O6S2/c1-15(33-17(3)31)24(32)27-21-10-8-20(9-11-21)25-34-22(14-36-26-29-28-16(2)37-26)12-23(35-25)19-6-4-18(13-30)5-7-19/h4-11,15,22-23,25,30H,12-14H2,1-3H3,(H,27,32)/t15-,22+,23-,25-/m0/s1. The molecule has 0 aliphatic carbocycles. The summed E-state index contributed by atoms with van der Waals surface area (Å²) in [5.74, 6) is -0.232. The third-order valence-corrected chi connectivity index (χ3v) is 7.78. The van der Waals surface area contributed by atoms with Gasteiger partial charge in [-0.05, 0) is 37.1 Å². The number of esters is 1. The first-order valence-corrected chi connectivity index (χ1v) is 13.6. The normalized spacial score (nSPS) is 20.3. The van der Waals surface area contributed by atoms with Crippen LogP contribution in [0.15, 0.2) is 52.9 Å². The molecule has 11 heteroatoms. The van der Waals surface area contributed by atoms with Gasteiger partial charge in [-0.25, -0.2) is 0 Å². The van der Waals surface area contributed by atoms with Gasteiger partial charge in [-0.15, -0.1) is 10.2 Å². The van der Waals surface area contributed by atoms with Crippen molar-refractivity contribution in [2.24, 2.45) is 0 Å². The Labute approximate surface area is 223 Å². The minimum absolute atomic E-state index is 0.0133. The molecule has 0 unspecified atom stereocenters. The Morgan fingerprint density at radius 1 is 1.14 bits per heavy atom. The van der Waals surface area contributed by atoms with Gasteiger partial charge in [0.1, 0.15) is 5.01 Å². The number of hydrogen-bond acceptors (Lipinski definition) is 10. The van der Waals surface area contributed by atoms with Crippen LogP contribution in [0, 0.1) is 6.92 Å². The van der Waals surface area contributed by atoms with E-state index in [1.807, 2.05) is 43.3 Å². The second-order valence-electron chi connectivity index (χ2n) is 8.61. The highest BCUT2D eigenvalue weighted by molar-refractivity contribution is 8.01. The van der Waals surface area contributed by atoms with E-state index in [0.717, 1.165) is 26.0 Å². The highest BCUT2D eigenvalue weighted by Gasteiger charge is 2.32. The van der Waals surface area contributed by atoms with Crippen LogP contribution in [-0.2, 0) is 30.4 Å². The van der Waals surface area contributed by atoms with Crippen LogP contribution < -0.4 is 5.32 Å². The zero-order chi connectivity index (χ0) is 26.4. The summed E-state index contributed by atoms with van der Waals surface area (Å²) in [5, 5.41) is 21.3. The van der Waals surface area contributed by atoms with Crippen molar-refractivity contribution in [2.45, 2.75) is 62.7 Å². The second-order valence-corrected chi connectivity index (χ2v) is 11.1. The molecular weight excluding hydrogens is 514 g/mol. The number of amides is 1. The fraction of sp³-hybridized carbons (Fsp3) is 0.385. The van der Waals surface area contributed by atoms with Crippen LogP contribution in [0.2, 0.25) is 0 Å². The van der Waals surface area contributed by atoms with E-state index < -0.39 is 24.3 Å². The zero-order valence-corrected chi connectivity index (χ0v) is 22.4. The molecule has 9 nitrogen and oxygen atoms in total. The van der Waals surface area contributed by atoms with Gasteiger partial charge in [-0.2, -0.15) is 0 Å². The van der Waals surface area contributed by atoms with Crippen molar-refractivity contribution in [1.29, 1.82) is 0 Å². The number of ether oxygens (including phenoxy) is 3. The Morgan fingerprint density at radius 2 is 1.84 bits per heavy atom. The minimum atomic E-state index is -0.893. The van der Waals surface area contributed by atoms with E-state index in [4.69, 9.17) is 14.2 Å². The predicted octanol–water partition coefficient (Wildman–Crippen LogP) is 4.57. The van der Waals surface area contributed by atoms with E-state index >= 15 is 0 Å². The van der Waals surface area contributed by atoms with E-state index in [-0.39, 0.29) is 18.8 Å². The van der Waals surface area contributed by atoms with Crippen molar-refractivity contribution >= 4 is 40.7 Å². The number of aliphatic hydroxyl groups is 1. The maximum atomic E-state index is 12.2. The highest BCUT2D eigenvalue weighted by Crippen LogP contribution is 2.39. The average Bonchev–Trinajstić information content (AvgIpc) is 3.32. The highest BCUT2D eigenvalue weighted by atomic mass is 32.2. The quantitative estimate of drug-likeness (QED) is 0.295. The number of carbonyl (C=O) groups is 2. The van der Waals surface area contributed by atoms with E-state index in [9.17, 15) is 14.7 Å². The van der Waals surface area contributed by atoms with Gasteiger partial charge in [-0.3, -0.25) is 9.59 Å². The molecule has 1 fully saturated rings. The van der Waals surface area contributed by atoms with Crippen LogP contribution in [0.1, 0.15) is 54.4 Å². The number of nitrogens with zero attached hydrogens (tertiary/aromatic N) is 2. The van der Waals surface area contributed by atoms with Crippen molar-refractivity contribution in [2.75, 3.05) is 11.1 Å². The summed E-state index contributed by atoms with van der Waals surface area (Å²) in [5.41, 5.74) is 3.23. The van der Waals surface area contributed by atoms with Crippen molar-refractivity contribution in [3.8, 4) is 0 Å². The first-order valence-electron chi connectivity index (χ1n) is 11.8. The predicted molar refractivity (Wildman–Crippen MR) is 140 cm³/mol. The second kappa shape index (κ2) is 12.6. The summed E-state index contributed by atoms with van der Waals surface area (Å²) < 4.78 is 18.5. The van der Waals surface area contributed by atoms with Gasteiger partial charge in [0.15, 0.2) is 16.7 Å². The number of benzene rings is 2. The fourth-order valence-corrected chi connectivity index (χ4v) is 5.65. The smallest absolute Gasteiger partial charge is 0.303 e. The SMILES string of the molecule is CC(=O)O[C@@H](C)C(=O)Nc1ccc([C@H]2O[C@@H](CSc3nnc(C)s3)C[C@@H](c3ccc(CO)cc3)O2)cc1. The van der Waals surface area contributed by atoms with Crippen molar-refractivity contribution in [1.82, 2.24) is 10.2 Å². The summed E-state index contributed by atoms with van der Waals surface area (Å²) in [6.45, 7) is 4.69. The number of anilines is 1. The molecule has 1 aliphatic heterocycles. The van der Waals surface area contributed by atoms with Crippen LogP contribution in [-0.4, -0.2) is 45.1 Å². The monoisotopic (exact) mass is 543 g/mol. The Morgan fingerprint density at radius 3 is 2.46 bits per heavy atom. The van der Waals surface area contributed by atoms with Crippen molar-refractivity contribution in [3.05, 3.63) is 70.2 Å². The van der Waals surface area contributed by atoms with E-state index in [0.29, 0.717) is 17.9 Å². The summed E-state index contributed by atoms with van der Waals surface area (Å²) in [7, 11) is 0. The first kappa shape index (κ1) is 27.2.